The fourth-order valence-corrected chi connectivity index (χ4v) is 3.74. The molecule has 1 aromatic rings. The van der Waals surface area contributed by atoms with Gasteiger partial charge in [0.2, 0.25) is 0 Å². The summed E-state index contributed by atoms with van der Waals surface area (Å²) >= 11 is 6.22. The summed E-state index contributed by atoms with van der Waals surface area (Å²) in [5.41, 5.74) is 0.599. The summed E-state index contributed by atoms with van der Waals surface area (Å²) in [7, 11) is 0. The van der Waals surface area contributed by atoms with Gasteiger partial charge in [0.15, 0.2) is 0 Å². The number of halogens is 1. The highest BCUT2D eigenvalue weighted by Gasteiger charge is 2.38. The Morgan fingerprint density at radius 3 is 2.76 bits per heavy atom. The lowest BCUT2D eigenvalue weighted by Crippen LogP contribution is -2.29. The Morgan fingerprint density at radius 2 is 2.14 bits per heavy atom. The fraction of sp³-hybridized carbons (Fsp3) is 0.625. The molecule has 1 aliphatic carbocycles. The Bertz CT molecular complexity index is 522. The molecule has 2 heterocycles. The Balaban J connectivity index is 1.69. The van der Waals surface area contributed by atoms with Crippen molar-refractivity contribution in [1.29, 1.82) is 0 Å². The molecule has 5 heteroatoms. The number of fused-ring (bicyclic) bond motifs is 1. The van der Waals surface area contributed by atoms with Crippen molar-refractivity contribution in [3.8, 4) is 0 Å². The van der Waals surface area contributed by atoms with Gasteiger partial charge in [0.1, 0.15) is 5.82 Å². The summed E-state index contributed by atoms with van der Waals surface area (Å²) in [6.45, 7) is 4.71. The minimum atomic E-state index is 0.0702. The lowest BCUT2D eigenvalue weighted by atomic mass is 10.0. The third kappa shape index (κ3) is 3.00. The van der Waals surface area contributed by atoms with Crippen molar-refractivity contribution in [2.24, 2.45) is 11.8 Å². The van der Waals surface area contributed by atoms with E-state index < -0.39 is 0 Å². The normalized spacial score (nSPS) is 24.2. The van der Waals surface area contributed by atoms with E-state index in [1.807, 2.05) is 4.90 Å². The highest BCUT2D eigenvalue weighted by molar-refractivity contribution is 6.33. The number of amides is 1. The van der Waals surface area contributed by atoms with Crippen LogP contribution in [0.4, 0.5) is 5.82 Å². The zero-order chi connectivity index (χ0) is 14.8. The average Bonchev–Trinajstić information content (AvgIpc) is 3.06. The third-order valence-electron chi connectivity index (χ3n) is 4.64. The summed E-state index contributed by atoms with van der Waals surface area (Å²) in [5, 5.41) is 3.68. The van der Waals surface area contributed by atoms with Crippen LogP contribution in [-0.4, -0.2) is 35.4 Å². The second-order valence-electron chi connectivity index (χ2n) is 6.14. The molecule has 114 valence electrons. The first-order valence-corrected chi connectivity index (χ1v) is 8.25. The number of nitrogens with zero attached hydrogens (tertiary/aromatic N) is 2. The zero-order valence-corrected chi connectivity index (χ0v) is 13.2. The van der Waals surface area contributed by atoms with Gasteiger partial charge in [-0.25, -0.2) is 4.98 Å². The number of carbonyl (C=O) groups excluding carboxylic acids is 1. The van der Waals surface area contributed by atoms with Crippen molar-refractivity contribution < 1.29 is 4.79 Å². The van der Waals surface area contributed by atoms with Crippen LogP contribution in [0.5, 0.6) is 0 Å². The molecule has 2 unspecified atom stereocenters. The molecule has 1 aromatic heterocycles. The van der Waals surface area contributed by atoms with E-state index in [4.69, 9.17) is 11.6 Å². The first-order valence-electron chi connectivity index (χ1n) is 7.87. The first-order chi connectivity index (χ1) is 10.2. The van der Waals surface area contributed by atoms with E-state index in [0.717, 1.165) is 26.1 Å². The van der Waals surface area contributed by atoms with Crippen LogP contribution < -0.4 is 5.32 Å². The summed E-state index contributed by atoms with van der Waals surface area (Å²) in [4.78, 5) is 18.8. The molecule has 2 aliphatic rings. The summed E-state index contributed by atoms with van der Waals surface area (Å²) in [6.07, 6.45) is 6.51. The molecule has 0 bridgehead atoms. The van der Waals surface area contributed by atoms with Crippen molar-refractivity contribution >= 4 is 23.3 Å². The van der Waals surface area contributed by atoms with Gasteiger partial charge < -0.3 is 10.2 Å². The highest BCUT2D eigenvalue weighted by Crippen LogP contribution is 2.38. The maximum Gasteiger partial charge on any atom is 0.255 e. The molecule has 0 radical (unpaired) electrons. The Morgan fingerprint density at radius 1 is 1.43 bits per heavy atom. The van der Waals surface area contributed by atoms with Crippen LogP contribution in [0.2, 0.25) is 5.02 Å². The number of likely N-dealkylation sites (tertiary alicyclic amines) is 1. The van der Waals surface area contributed by atoms with Crippen LogP contribution in [0.25, 0.3) is 0 Å². The molecule has 4 nitrogen and oxygen atoms in total. The van der Waals surface area contributed by atoms with Gasteiger partial charge in [0.25, 0.3) is 5.91 Å². The van der Waals surface area contributed by atoms with E-state index in [2.05, 4.69) is 17.2 Å². The van der Waals surface area contributed by atoms with Gasteiger partial charge in [-0.3, -0.25) is 4.79 Å². The van der Waals surface area contributed by atoms with E-state index in [-0.39, 0.29) is 5.91 Å². The lowest BCUT2D eigenvalue weighted by Gasteiger charge is -2.17. The van der Waals surface area contributed by atoms with Crippen molar-refractivity contribution in [2.75, 3.05) is 25.0 Å². The molecule has 1 N–H and O–H groups in total. The van der Waals surface area contributed by atoms with Crippen LogP contribution in [0, 0.1) is 11.8 Å². The van der Waals surface area contributed by atoms with Gasteiger partial charge in [-0.1, -0.05) is 24.9 Å². The van der Waals surface area contributed by atoms with Crippen molar-refractivity contribution in [2.45, 2.75) is 32.6 Å². The minimum absolute atomic E-state index is 0.0702. The van der Waals surface area contributed by atoms with Gasteiger partial charge in [-0.2, -0.15) is 0 Å². The van der Waals surface area contributed by atoms with Crippen LogP contribution in [0.3, 0.4) is 0 Å². The molecule has 0 aromatic carbocycles. The number of hydrogen-bond acceptors (Lipinski definition) is 3. The van der Waals surface area contributed by atoms with Crippen LogP contribution in [0.15, 0.2) is 12.3 Å². The van der Waals surface area contributed by atoms with Crippen LogP contribution in [-0.2, 0) is 0 Å². The maximum atomic E-state index is 12.6. The van der Waals surface area contributed by atoms with Gasteiger partial charge in [0.05, 0.1) is 10.6 Å². The summed E-state index contributed by atoms with van der Waals surface area (Å²) < 4.78 is 0. The number of rotatable bonds is 4. The fourth-order valence-electron chi connectivity index (χ4n) is 3.51. The molecular weight excluding hydrogens is 286 g/mol. The Kier molecular flexibility index (Phi) is 4.34. The molecule has 21 heavy (non-hydrogen) atoms. The Hall–Kier alpha value is -1.29. The van der Waals surface area contributed by atoms with E-state index in [1.54, 1.807) is 12.3 Å². The van der Waals surface area contributed by atoms with Gasteiger partial charge in [-0.05, 0) is 37.2 Å². The minimum Gasteiger partial charge on any atom is -0.369 e. The Labute approximate surface area is 130 Å². The van der Waals surface area contributed by atoms with Crippen molar-refractivity contribution in [3.05, 3.63) is 22.8 Å². The molecule has 3 rings (SSSR count). The zero-order valence-electron chi connectivity index (χ0n) is 12.4. The molecule has 1 aliphatic heterocycles. The summed E-state index contributed by atoms with van der Waals surface area (Å²) in [5.74, 6) is 2.15. The van der Waals surface area contributed by atoms with E-state index in [9.17, 15) is 4.79 Å². The van der Waals surface area contributed by atoms with E-state index >= 15 is 0 Å². The molecule has 1 saturated heterocycles. The number of nitrogens with one attached hydrogen (secondary N) is 1. The molecular formula is C16H22ClN3O. The second kappa shape index (κ2) is 6.22. The second-order valence-corrected chi connectivity index (χ2v) is 6.55. The van der Waals surface area contributed by atoms with E-state index in [1.165, 1.54) is 19.3 Å². The standard InChI is InChI=1S/C16H22ClN3O/c1-2-6-18-15-14(17)7-13(8-19-15)16(21)20-9-11-4-3-5-12(11)10-20/h7-8,11-12H,2-6,9-10H2,1H3,(H,18,19). The third-order valence-corrected chi connectivity index (χ3v) is 4.93. The predicted molar refractivity (Wildman–Crippen MR) is 84.8 cm³/mol. The monoisotopic (exact) mass is 307 g/mol. The van der Waals surface area contributed by atoms with Crippen LogP contribution in [0.1, 0.15) is 43.0 Å². The molecule has 2 fully saturated rings. The van der Waals surface area contributed by atoms with Crippen molar-refractivity contribution in [3.63, 3.8) is 0 Å². The molecule has 0 spiro atoms. The number of carbonyl (C=O) groups is 1. The van der Waals surface area contributed by atoms with E-state index in [0.29, 0.717) is 28.2 Å². The van der Waals surface area contributed by atoms with Gasteiger partial charge >= 0.3 is 0 Å². The number of anilines is 1. The van der Waals surface area contributed by atoms with Crippen LogP contribution >= 0.6 is 11.6 Å². The predicted octanol–water partition coefficient (Wildman–Crippen LogP) is 3.43. The number of pyridine rings is 1. The van der Waals surface area contributed by atoms with Gasteiger partial charge in [0, 0.05) is 25.8 Å². The smallest absolute Gasteiger partial charge is 0.255 e. The quantitative estimate of drug-likeness (QED) is 0.927. The average molecular weight is 308 g/mol. The topological polar surface area (TPSA) is 45.2 Å². The van der Waals surface area contributed by atoms with Gasteiger partial charge in [-0.15, -0.1) is 0 Å². The molecule has 1 saturated carbocycles. The summed E-state index contributed by atoms with van der Waals surface area (Å²) in [6, 6.07) is 1.74. The van der Waals surface area contributed by atoms with Crippen molar-refractivity contribution in [1.82, 2.24) is 9.88 Å². The largest absolute Gasteiger partial charge is 0.369 e. The lowest BCUT2D eigenvalue weighted by molar-refractivity contribution is 0.0780. The number of hydrogen-bond donors (Lipinski definition) is 1. The molecule has 1 amide bonds. The maximum absolute atomic E-state index is 12.6. The highest BCUT2D eigenvalue weighted by atomic mass is 35.5. The molecule has 2 atom stereocenters. The number of aromatic nitrogens is 1. The SMILES string of the molecule is CCCNc1ncc(C(=O)N2CC3CCCC3C2)cc1Cl. The first kappa shape index (κ1) is 14.6.